The van der Waals surface area contributed by atoms with Crippen molar-refractivity contribution in [2.45, 2.75) is 19.5 Å². The zero-order chi connectivity index (χ0) is 9.10. The predicted octanol–water partition coefficient (Wildman–Crippen LogP) is 0.746. The first-order valence-electron chi connectivity index (χ1n) is 4.75. The molecule has 2 heterocycles. The van der Waals surface area contributed by atoms with Crippen LogP contribution in [0.3, 0.4) is 0 Å². The molecule has 0 saturated carbocycles. The largest absolute Gasteiger partial charge is 0.325 e. The van der Waals surface area contributed by atoms with Crippen LogP contribution in [0.4, 0.5) is 0 Å². The van der Waals surface area contributed by atoms with Crippen molar-refractivity contribution in [1.29, 1.82) is 0 Å². The van der Waals surface area contributed by atoms with E-state index in [0.717, 1.165) is 12.2 Å². The van der Waals surface area contributed by atoms with Gasteiger partial charge in [0.05, 0.1) is 5.69 Å². The van der Waals surface area contributed by atoms with Crippen LogP contribution in [-0.4, -0.2) is 23.0 Å². The van der Waals surface area contributed by atoms with Crippen molar-refractivity contribution in [3.05, 3.63) is 29.6 Å². The molecule has 1 saturated heterocycles. The standard InChI is InChI=1S/C10H15N3/c11-7-10-6-9(2-3-12-10)8-13-4-1-5-13/h2-3,6H,1,4-5,7-8,11H2. The topological polar surface area (TPSA) is 42.1 Å². The highest BCUT2D eigenvalue weighted by atomic mass is 15.2. The Morgan fingerprint density at radius 3 is 2.92 bits per heavy atom. The third-order valence-corrected chi connectivity index (χ3v) is 2.44. The maximum Gasteiger partial charge on any atom is 0.0542 e. The van der Waals surface area contributed by atoms with Gasteiger partial charge in [0.2, 0.25) is 0 Å². The fraction of sp³-hybridized carbons (Fsp3) is 0.500. The molecule has 0 spiro atoms. The normalized spacial score (nSPS) is 17.0. The molecule has 0 aromatic carbocycles. The quantitative estimate of drug-likeness (QED) is 0.740. The van der Waals surface area contributed by atoms with Gasteiger partial charge >= 0.3 is 0 Å². The van der Waals surface area contributed by atoms with Crippen molar-refractivity contribution in [3.8, 4) is 0 Å². The van der Waals surface area contributed by atoms with E-state index in [1.54, 1.807) is 0 Å². The average Bonchev–Trinajstić information content (AvgIpc) is 2.12. The Labute approximate surface area is 78.6 Å². The molecule has 1 aromatic heterocycles. The molecular formula is C10H15N3. The number of likely N-dealkylation sites (tertiary alicyclic amines) is 1. The van der Waals surface area contributed by atoms with Gasteiger partial charge in [-0.15, -0.1) is 0 Å². The number of aromatic nitrogens is 1. The molecule has 1 fully saturated rings. The van der Waals surface area contributed by atoms with Crippen LogP contribution in [0.25, 0.3) is 0 Å². The first kappa shape index (κ1) is 8.66. The third-order valence-electron chi connectivity index (χ3n) is 2.44. The molecule has 2 rings (SSSR count). The molecule has 13 heavy (non-hydrogen) atoms. The van der Waals surface area contributed by atoms with E-state index in [0.29, 0.717) is 6.54 Å². The molecule has 1 aliphatic rings. The fourth-order valence-corrected chi connectivity index (χ4v) is 1.54. The fourth-order valence-electron chi connectivity index (χ4n) is 1.54. The van der Waals surface area contributed by atoms with Crippen LogP contribution >= 0.6 is 0 Å². The maximum absolute atomic E-state index is 5.52. The zero-order valence-electron chi connectivity index (χ0n) is 7.74. The number of rotatable bonds is 3. The Hall–Kier alpha value is -0.930. The summed E-state index contributed by atoms with van der Waals surface area (Å²) in [5, 5.41) is 0. The second-order valence-electron chi connectivity index (χ2n) is 3.49. The summed E-state index contributed by atoms with van der Waals surface area (Å²) in [5.74, 6) is 0. The molecule has 2 N–H and O–H groups in total. The SMILES string of the molecule is NCc1cc(CN2CCC2)ccn1. The minimum Gasteiger partial charge on any atom is -0.325 e. The summed E-state index contributed by atoms with van der Waals surface area (Å²) in [4.78, 5) is 6.59. The molecule has 70 valence electrons. The van der Waals surface area contributed by atoms with Gasteiger partial charge in [-0.25, -0.2) is 0 Å². The van der Waals surface area contributed by atoms with Crippen molar-refractivity contribution in [1.82, 2.24) is 9.88 Å². The number of nitrogens with two attached hydrogens (primary N) is 1. The van der Waals surface area contributed by atoms with Gasteiger partial charge in [-0.3, -0.25) is 9.88 Å². The molecule has 0 atom stereocenters. The van der Waals surface area contributed by atoms with Crippen LogP contribution in [0.1, 0.15) is 17.7 Å². The molecule has 0 radical (unpaired) electrons. The Kier molecular flexibility index (Phi) is 2.57. The molecule has 0 unspecified atom stereocenters. The van der Waals surface area contributed by atoms with Gasteiger partial charge in [0.1, 0.15) is 0 Å². The van der Waals surface area contributed by atoms with Crippen molar-refractivity contribution in [3.63, 3.8) is 0 Å². The van der Waals surface area contributed by atoms with E-state index in [2.05, 4.69) is 22.0 Å². The van der Waals surface area contributed by atoms with E-state index in [4.69, 9.17) is 5.73 Å². The molecular weight excluding hydrogens is 162 g/mol. The van der Waals surface area contributed by atoms with Crippen molar-refractivity contribution in [2.75, 3.05) is 13.1 Å². The number of nitrogens with zero attached hydrogens (tertiary/aromatic N) is 2. The van der Waals surface area contributed by atoms with Crippen molar-refractivity contribution >= 4 is 0 Å². The van der Waals surface area contributed by atoms with Crippen molar-refractivity contribution < 1.29 is 0 Å². The second kappa shape index (κ2) is 3.85. The highest BCUT2D eigenvalue weighted by molar-refractivity contribution is 5.16. The number of hydrogen-bond donors (Lipinski definition) is 1. The monoisotopic (exact) mass is 177 g/mol. The Morgan fingerprint density at radius 2 is 2.31 bits per heavy atom. The summed E-state index contributed by atoms with van der Waals surface area (Å²) in [6.45, 7) is 4.06. The van der Waals surface area contributed by atoms with Crippen LogP contribution in [-0.2, 0) is 13.1 Å². The van der Waals surface area contributed by atoms with Crippen LogP contribution in [0, 0.1) is 0 Å². The summed E-state index contributed by atoms with van der Waals surface area (Å²) in [5.41, 5.74) is 7.83. The molecule has 3 nitrogen and oxygen atoms in total. The van der Waals surface area contributed by atoms with E-state index >= 15 is 0 Å². The van der Waals surface area contributed by atoms with Crippen LogP contribution in [0.15, 0.2) is 18.3 Å². The maximum atomic E-state index is 5.52. The summed E-state index contributed by atoms with van der Waals surface area (Å²) in [6, 6.07) is 4.16. The van der Waals surface area contributed by atoms with Crippen molar-refractivity contribution in [2.24, 2.45) is 5.73 Å². The lowest BCUT2D eigenvalue weighted by atomic mass is 10.1. The highest BCUT2D eigenvalue weighted by Gasteiger charge is 2.13. The molecule has 1 aromatic rings. The number of hydrogen-bond acceptors (Lipinski definition) is 3. The summed E-state index contributed by atoms with van der Waals surface area (Å²) in [6.07, 6.45) is 3.19. The van der Waals surface area contributed by atoms with E-state index in [9.17, 15) is 0 Å². The Morgan fingerprint density at radius 1 is 1.46 bits per heavy atom. The van der Waals surface area contributed by atoms with Gasteiger partial charge in [-0.1, -0.05) is 0 Å². The van der Waals surface area contributed by atoms with Crippen LogP contribution < -0.4 is 5.73 Å². The summed E-state index contributed by atoms with van der Waals surface area (Å²) >= 11 is 0. The van der Waals surface area contributed by atoms with Gasteiger partial charge in [0.25, 0.3) is 0 Å². The van der Waals surface area contributed by atoms with Gasteiger partial charge in [-0.05, 0) is 37.2 Å². The van der Waals surface area contributed by atoms with Crippen LogP contribution in [0.2, 0.25) is 0 Å². The molecule has 0 bridgehead atoms. The second-order valence-corrected chi connectivity index (χ2v) is 3.49. The highest BCUT2D eigenvalue weighted by Crippen LogP contribution is 2.12. The smallest absolute Gasteiger partial charge is 0.0542 e. The average molecular weight is 177 g/mol. The van der Waals surface area contributed by atoms with Crippen LogP contribution in [0.5, 0.6) is 0 Å². The first-order chi connectivity index (χ1) is 6.38. The third kappa shape index (κ3) is 2.05. The molecule has 0 amide bonds. The zero-order valence-corrected chi connectivity index (χ0v) is 7.74. The predicted molar refractivity (Wildman–Crippen MR) is 52.0 cm³/mol. The summed E-state index contributed by atoms with van der Waals surface area (Å²) in [7, 11) is 0. The van der Waals surface area contributed by atoms with Gasteiger partial charge < -0.3 is 5.73 Å². The first-order valence-corrected chi connectivity index (χ1v) is 4.75. The van der Waals surface area contributed by atoms with Gasteiger partial charge in [0.15, 0.2) is 0 Å². The Balaban J connectivity index is 2.01. The van der Waals surface area contributed by atoms with Gasteiger partial charge in [-0.2, -0.15) is 0 Å². The minimum absolute atomic E-state index is 0.536. The molecule has 0 aliphatic carbocycles. The lowest BCUT2D eigenvalue weighted by Crippen LogP contribution is -2.36. The molecule has 1 aliphatic heterocycles. The number of pyridine rings is 1. The molecule has 3 heteroatoms. The van der Waals surface area contributed by atoms with E-state index in [1.165, 1.54) is 25.1 Å². The lowest BCUT2D eigenvalue weighted by Gasteiger charge is -2.30. The van der Waals surface area contributed by atoms with E-state index in [-0.39, 0.29) is 0 Å². The lowest BCUT2D eigenvalue weighted by molar-refractivity contribution is 0.172. The van der Waals surface area contributed by atoms with Gasteiger partial charge in [0, 0.05) is 19.3 Å². The Bertz CT molecular complexity index is 281. The minimum atomic E-state index is 0.536. The summed E-state index contributed by atoms with van der Waals surface area (Å²) < 4.78 is 0. The van der Waals surface area contributed by atoms with E-state index < -0.39 is 0 Å². The van der Waals surface area contributed by atoms with E-state index in [1.807, 2.05) is 6.20 Å².